The van der Waals surface area contributed by atoms with Crippen LogP contribution in [-0.4, -0.2) is 65.8 Å². The number of aliphatic hydroxyl groups excluding tert-OH is 1. The number of esters is 1. The molecule has 7 heteroatoms. The van der Waals surface area contributed by atoms with Gasteiger partial charge in [-0.2, -0.15) is 0 Å². The summed E-state index contributed by atoms with van der Waals surface area (Å²) in [5.41, 5.74) is 2.82. The standard InChI is InChI=1S/C23H34N2O5/c1-15-17(6-7-18-19(15)14-29-21(18)27)20(26)13-25-10-8-16(9-11-25)12-24(5)22(28)30-23(2,3)4/h6-7,16,20,26H,8-14H2,1-5H3/t20-/m0/s1. The first kappa shape index (κ1) is 22.6. The lowest BCUT2D eigenvalue weighted by atomic mass is 9.93. The molecule has 2 aliphatic heterocycles. The van der Waals surface area contributed by atoms with Crippen molar-refractivity contribution in [3.05, 3.63) is 34.4 Å². The molecule has 1 N–H and O–H groups in total. The van der Waals surface area contributed by atoms with Gasteiger partial charge in [0, 0.05) is 25.7 Å². The molecule has 166 valence electrons. The summed E-state index contributed by atoms with van der Waals surface area (Å²) in [5.74, 6) is 0.147. The van der Waals surface area contributed by atoms with E-state index in [2.05, 4.69) is 4.90 Å². The van der Waals surface area contributed by atoms with E-state index in [1.165, 1.54) is 0 Å². The van der Waals surface area contributed by atoms with Crippen molar-refractivity contribution in [1.29, 1.82) is 0 Å². The largest absolute Gasteiger partial charge is 0.457 e. The topological polar surface area (TPSA) is 79.3 Å². The molecule has 1 atom stereocenters. The molecule has 0 saturated carbocycles. The highest BCUT2D eigenvalue weighted by atomic mass is 16.6. The fourth-order valence-electron chi connectivity index (χ4n) is 4.22. The van der Waals surface area contributed by atoms with E-state index in [4.69, 9.17) is 9.47 Å². The van der Waals surface area contributed by atoms with E-state index in [1.54, 1.807) is 18.0 Å². The molecular weight excluding hydrogens is 384 g/mol. The van der Waals surface area contributed by atoms with Crippen LogP contribution in [0.25, 0.3) is 0 Å². The molecule has 1 aromatic carbocycles. The lowest BCUT2D eigenvalue weighted by molar-refractivity contribution is 0.0239. The number of benzene rings is 1. The lowest BCUT2D eigenvalue weighted by Crippen LogP contribution is -2.42. The summed E-state index contributed by atoms with van der Waals surface area (Å²) in [6.45, 7) is 10.9. The average molecular weight is 419 g/mol. The molecule has 1 amide bonds. The number of nitrogens with zero attached hydrogens (tertiary/aromatic N) is 2. The number of likely N-dealkylation sites (tertiary alicyclic amines) is 1. The van der Waals surface area contributed by atoms with Crippen LogP contribution in [0.15, 0.2) is 12.1 Å². The van der Waals surface area contributed by atoms with Gasteiger partial charge in [-0.25, -0.2) is 9.59 Å². The number of carbonyl (C=O) groups is 2. The number of hydrogen-bond donors (Lipinski definition) is 1. The number of hydrogen-bond acceptors (Lipinski definition) is 6. The molecule has 2 aliphatic rings. The van der Waals surface area contributed by atoms with Crippen molar-refractivity contribution >= 4 is 12.1 Å². The van der Waals surface area contributed by atoms with Crippen molar-refractivity contribution in [3.63, 3.8) is 0 Å². The Morgan fingerprint density at radius 3 is 2.63 bits per heavy atom. The third-order valence-electron chi connectivity index (χ3n) is 5.94. The molecular formula is C23H34N2O5. The van der Waals surface area contributed by atoms with Crippen LogP contribution in [0.3, 0.4) is 0 Å². The smallest absolute Gasteiger partial charge is 0.410 e. The number of carbonyl (C=O) groups excluding carboxylic acids is 2. The van der Waals surface area contributed by atoms with Gasteiger partial charge in [-0.05, 0) is 76.7 Å². The number of piperidine rings is 1. The van der Waals surface area contributed by atoms with Gasteiger partial charge in [0.15, 0.2) is 0 Å². The summed E-state index contributed by atoms with van der Waals surface area (Å²) in [7, 11) is 1.79. The molecule has 0 spiro atoms. The quantitative estimate of drug-likeness (QED) is 0.740. The number of β-amino-alcohol motifs (C(OH)–C–C–N with tert-alkyl or cyclic N) is 1. The highest BCUT2D eigenvalue weighted by molar-refractivity contribution is 5.93. The molecule has 1 aromatic rings. The summed E-state index contributed by atoms with van der Waals surface area (Å²) < 4.78 is 10.5. The first-order chi connectivity index (χ1) is 14.0. The van der Waals surface area contributed by atoms with E-state index in [0.717, 1.165) is 42.6 Å². The van der Waals surface area contributed by atoms with Crippen LogP contribution >= 0.6 is 0 Å². The van der Waals surface area contributed by atoms with Crippen LogP contribution in [0.1, 0.15) is 66.8 Å². The van der Waals surface area contributed by atoms with Gasteiger partial charge >= 0.3 is 12.1 Å². The maximum absolute atomic E-state index is 12.2. The van der Waals surface area contributed by atoms with Crippen LogP contribution in [-0.2, 0) is 16.1 Å². The Morgan fingerprint density at radius 1 is 1.33 bits per heavy atom. The molecule has 0 unspecified atom stereocenters. The number of fused-ring (bicyclic) bond motifs is 1. The number of amides is 1. The first-order valence-corrected chi connectivity index (χ1v) is 10.7. The van der Waals surface area contributed by atoms with Crippen LogP contribution in [0, 0.1) is 12.8 Å². The van der Waals surface area contributed by atoms with Gasteiger partial charge in [0.1, 0.15) is 12.2 Å². The summed E-state index contributed by atoms with van der Waals surface area (Å²) in [6.07, 6.45) is 1.07. The van der Waals surface area contributed by atoms with Gasteiger partial charge < -0.3 is 24.4 Å². The third kappa shape index (κ3) is 5.32. The maximum atomic E-state index is 12.2. The zero-order valence-electron chi connectivity index (χ0n) is 18.7. The Balaban J connectivity index is 1.49. The summed E-state index contributed by atoms with van der Waals surface area (Å²) in [6, 6.07) is 3.60. The Morgan fingerprint density at radius 2 is 2.00 bits per heavy atom. The minimum Gasteiger partial charge on any atom is -0.457 e. The highest BCUT2D eigenvalue weighted by Gasteiger charge is 2.28. The molecule has 30 heavy (non-hydrogen) atoms. The fourth-order valence-corrected chi connectivity index (χ4v) is 4.22. The SMILES string of the molecule is Cc1c([C@@H](O)CN2CCC(CN(C)C(=O)OC(C)(C)C)CC2)ccc2c1COC2=O. The molecule has 0 aliphatic carbocycles. The van der Waals surface area contributed by atoms with E-state index in [0.29, 0.717) is 24.6 Å². The minimum atomic E-state index is -0.605. The predicted octanol–water partition coefficient (Wildman–Crippen LogP) is 3.28. The molecule has 3 rings (SSSR count). The van der Waals surface area contributed by atoms with Crippen molar-refractivity contribution in [1.82, 2.24) is 9.80 Å². The van der Waals surface area contributed by atoms with E-state index in [9.17, 15) is 14.7 Å². The number of rotatable bonds is 5. The second-order valence-corrected chi connectivity index (χ2v) is 9.50. The van der Waals surface area contributed by atoms with Gasteiger partial charge in [0.2, 0.25) is 0 Å². The van der Waals surface area contributed by atoms with Crippen molar-refractivity contribution in [2.45, 2.75) is 58.8 Å². The normalized spacial score (nSPS) is 18.7. The monoisotopic (exact) mass is 418 g/mol. The minimum absolute atomic E-state index is 0.283. The Hall–Kier alpha value is -2.12. The van der Waals surface area contributed by atoms with Crippen molar-refractivity contribution in [2.75, 3.05) is 33.2 Å². The second kappa shape index (κ2) is 8.94. The van der Waals surface area contributed by atoms with Gasteiger partial charge in [0.05, 0.1) is 11.7 Å². The first-order valence-electron chi connectivity index (χ1n) is 10.7. The summed E-state index contributed by atoms with van der Waals surface area (Å²) >= 11 is 0. The van der Waals surface area contributed by atoms with Crippen molar-refractivity contribution in [3.8, 4) is 0 Å². The highest BCUT2D eigenvalue weighted by Crippen LogP contribution is 2.30. The van der Waals surface area contributed by atoms with E-state index in [1.807, 2.05) is 33.8 Å². The van der Waals surface area contributed by atoms with E-state index < -0.39 is 11.7 Å². The van der Waals surface area contributed by atoms with Crippen LogP contribution < -0.4 is 0 Å². The van der Waals surface area contributed by atoms with Gasteiger partial charge in [-0.15, -0.1) is 0 Å². The second-order valence-electron chi connectivity index (χ2n) is 9.50. The maximum Gasteiger partial charge on any atom is 0.410 e. The summed E-state index contributed by atoms with van der Waals surface area (Å²) in [4.78, 5) is 27.8. The van der Waals surface area contributed by atoms with Gasteiger partial charge in [0.25, 0.3) is 0 Å². The zero-order valence-corrected chi connectivity index (χ0v) is 18.7. The van der Waals surface area contributed by atoms with Crippen LogP contribution in [0.5, 0.6) is 0 Å². The molecule has 0 aromatic heterocycles. The van der Waals surface area contributed by atoms with Crippen molar-refractivity contribution in [2.24, 2.45) is 5.92 Å². The molecule has 0 bridgehead atoms. The van der Waals surface area contributed by atoms with Crippen LogP contribution in [0.4, 0.5) is 4.79 Å². The van der Waals surface area contributed by atoms with Gasteiger partial charge in [-0.3, -0.25) is 0 Å². The van der Waals surface area contributed by atoms with Gasteiger partial charge in [-0.1, -0.05) is 6.07 Å². The van der Waals surface area contributed by atoms with Crippen molar-refractivity contribution < 1.29 is 24.2 Å². The molecule has 0 radical (unpaired) electrons. The molecule has 2 heterocycles. The van der Waals surface area contributed by atoms with Crippen LogP contribution in [0.2, 0.25) is 0 Å². The summed E-state index contributed by atoms with van der Waals surface area (Å²) in [5, 5.41) is 10.8. The lowest BCUT2D eigenvalue weighted by Gasteiger charge is -2.35. The average Bonchev–Trinajstić information content (AvgIpc) is 3.04. The zero-order chi connectivity index (χ0) is 22.1. The molecule has 1 fully saturated rings. The Bertz CT molecular complexity index is 794. The number of ether oxygens (including phenoxy) is 2. The van der Waals surface area contributed by atoms with E-state index in [-0.39, 0.29) is 18.7 Å². The fraction of sp³-hybridized carbons (Fsp3) is 0.652. The number of aliphatic hydroxyl groups is 1. The van der Waals surface area contributed by atoms with E-state index >= 15 is 0 Å². The molecule has 7 nitrogen and oxygen atoms in total. The Labute approximate surface area is 178 Å². The third-order valence-corrected chi connectivity index (χ3v) is 5.94. The predicted molar refractivity (Wildman–Crippen MR) is 113 cm³/mol. The molecule has 1 saturated heterocycles. The Kier molecular flexibility index (Phi) is 6.72. The number of cyclic esters (lactones) is 1.